The Kier molecular flexibility index (Phi) is 5.27. The molecule has 1 fully saturated rings. The molecule has 1 heterocycles. The Morgan fingerprint density at radius 2 is 1.75 bits per heavy atom. The molecule has 4 aliphatic carbocycles. The van der Waals surface area contributed by atoms with Gasteiger partial charge in [-0.15, -0.1) is 11.3 Å². The maximum absolute atomic E-state index is 13.2. The Balaban J connectivity index is 1.65. The van der Waals surface area contributed by atoms with Crippen LogP contribution in [0.4, 0.5) is 5.00 Å². The van der Waals surface area contributed by atoms with Gasteiger partial charge in [-0.1, -0.05) is 18.6 Å². The van der Waals surface area contributed by atoms with Crippen LogP contribution < -0.4 is 5.32 Å². The van der Waals surface area contributed by atoms with Crippen molar-refractivity contribution in [3.63, 3.8) is 0 Å². The van der Waals surface area contributed by atoms with E-state index in [-0.39, 0.29) is 17.7 Å². The van der Waals surface area contributed by atoms with Crippen LogP contribution in [0.5, 0.6) is 0 Å². The lowest BCUT2D eigenvalue weighted by Crippen LogP contribution is -2.47. The first kappa shape index (κ1) is 19.2. The Morgan fingerprint density at radius 3 is 2.39 bits per heavy atom. The van der Waals surface area contributed by atoms with Gasteiger partial charge in [0.05, 0.1) is 24.5 Å². The lowest BCUT2D eigenvalue weighted by Gasteiger charge is -2.41. The van der Waals surface area contributed by atoms with Crippen LogP contribution in [0.3, 0.4) is 0 Å². The van der Waals surface area contributed by atoms with Gasteiger partial charge in [0.2, 0.25) is 5.91 Å². The van der Waals surface area contributed by atoms with E-state index >= 15 is 0 Å². The van der Waals surface area contributed by atoms with E-state index in [0.717, 1.165) is 55.4 Å². The maximum Gasteiger partial charge on any atom is 0.341 e. The highest BCUT2D eigenvalue weighted by Crippen LogP contribution is 2.46. The molecule has 2 bridgehead atoms. The van der Waals surface area contributed by atoms with Crippen molar-refractivity contribution < 1.29 is 24.2 Å². The van der Waals surface area contributed by atoms with E-state index in [1.54, 1.807) is 0 Å². The van der Waals surface area contributed by atoms with Gasteiger partial charge < -0.3 is 15.2 Å². The molecule has 1 aromatic heterocycles. The second-order valence-corrected chi connectivity index (χ2v) is 9.03. The van der Waals surface area contributed by atoms with E-state index in [1.165, 1.54) is 18.4 Å². The van der Waals surface area contributed by atoms with Gasteiger partial charge in [0.25, 0.3) is 0 Å². The van der Waals surface area contributed by atoms with Crippen molar-refractivity contribution >= 4 is 34.2 Å². The van der Waals surface area contributed by atoms with Crippen molar-refractivity contribution in [3.8, 4) is 0 Å². The van der Waals surface area contributed by atoms with Crippen molar-refractivity contribution in [1.29, 1.82) is 0 Å². The van der Waals surface area contributed by atoms with Gasteiger partial charge >= 0.3 is 11.9 Å². The smallest absolute Gasteiger partial charge is 0.341 e. The summed E-state index contributed by atoms with van der Waals surface area (Å²) in [6.07, 6.45) is 10.5. The van der Waals surface area contributed by atoms with Crippen LogP contribution in [0.2, 0.25) is 0 Å². The van der Waals surface area contributed by atoms with E-state index < -0.39 is 23.8 Å². The molecule has 4 unspecified atom stereocenters. The van der Waals surface area contributed by atoms with Crippen LogP contribution in [0.1, 0.15) is 52.9 Å². The summed E-state index contributed by atoms with van der Waals surface area (Å²) < 4.78 is 4.99. The number of carboxylic acid groups (broad SMARTS) is 1. The van der Waals surface area contributed by atoms with Gasteiger partial charge in [0.1, 0.15) is 5.00 Å². The second-order valence-electron chi connectivity index (χ2n) is 7.93. The number of ether oxygens (including phenoxy) is 1. The van der Waals surface area contributed by atoms with Crippen molar-refractivity contribution in [3.05, 3.63) is 28.2 Å². The van der Waals surface area contributed by atoms with Crippen molar-refractivity contribution in [1.82, 2.24) is 0 Å². The molecule has 4 aliphatic rings. The van der Waals surface area contributed by atoms with Crippen molar-refractivity contribution in [2.45, 2.75) is 44.9 Å². The highest BCUT2D eigenvalue weighted by atomic mass is 32.1. The number of aliphatic carboxylic acids is 1. The first-order valence-electron chi connectivity index (χ1n) is 9.96. The Bertz CT molecular complexity index is 842. The molecule has 0 spiro atoms. The molecule has 1 saturated carbocycles. The third kappa shape index (κ3) is 3.26. The number of rotatable bonds is 4. The summed E-state index contributed by atoms with van der Waals surface area (Å²) in [5.41, 5.74) is 1.45. The number of methoxy groups -OCH3 is 1. The third-order valence-corrected chi connectivity index (χ3v) is 7.59. The van der Waals surface area contributed by atoms with Gasteiger partial charge in [-0.2, -0.15) is 0 Å². The number of aryl methyl sites for hydroxylation is 1. The number of allylic oxidation sites excluding steroid dienone is 2. The minimum Gasteiger partial charge on any atom is -0.481 e. The summed E-state index contributed by atoms with van der Waals surface area (Å²) in [6, 6.07) is 0. The average Bonchev–Trinajstić information content (AvgIpc) is 2.87. The van der Waals surface area contributed by atoms with E-state index in [4.69, 9.17) is 4.74 Å². The fourth-order valence-corrected chi connectivity index (χ4v) is 6.31. The van der Waals surface area contributed by atoms with Crippen LogP contribution in [-0.4, -0.2) is 30.1 Å². The van der Waals surface area contributed by atoms with Crippen LogP contribution in [0.25, 0.3) is 0 Å². The van der Waals surface area contributed by atoms with Crippen LogP contribution in [0, 0.1) is 23.7 Å². The number of hydrogen-bond acceptors (Lipinski definition) is 5. The summed E-state index contributed by atoms with van der Waals surface area (Å²) in [5.74, 6) is -3.13. The minimum absolute atomic E-state index is 0.0644. The Labute approximate surface area is 168 Å². The molecule has 0 aromatic carbocycles. The van der Waals surface area contributed by atoms with E-state index in [9.17, 15) is 19.5 Å². The monoisotopic (exact) mass is 403 g/mol. The number of carbonyl (C=O) groups excluding carboxylic acids is 2. The molecule has 0 saturated heterocycles. The fraction of sp³-hybridized carbons (Fsp3) is 0.571. The number of hydrogen-bond donors (Lipinski definition) is 2. The molecule has 4 atom stereocenters. The number of fused-ring (bicyclic) bond motifs is 3. The van der Waals surface area contributed by atoms with Gasteiger partial charge in [-0.05, 0) is 55.9 Å². The molecule has 0 radical (unpaired) electrons. The van der Waals surface area contributed by atoms with Crippen molar-refractivity contribution in [2.24, 2.45) is 23.7 Å². The summed E-state index contributed by atoms with van der Waals surface area (Å²) in [4.78, 5) is 38.6. The summed E-state index contributed by atoms with van der Waals surface area (Å²) in [5, 5.41) is 13.1. The van der Waals surface area contributed by atoms with Crippen molar-refractivity contribution in [2.75, 3.05) is 12.4 Å². The molecule has 0 aliphatic heterocycles. The largest absolute Gasteiger partial charge is 0.481 e. The fourth-order valence-electron chi connectivity index (χ4n) is 5.03. The molecular weight excluding hydrogens is 378 g/mol. The number of anilines is 1. The number of thiophene rings is 1. The summed E-state index contributed by atoms with van der Waals surface area (Å²) in [7, 11) is 1.35. The lowest BCUT2D eigenvalue weighted by molar-refractivity contribution is -0.151. The van der Waals surface area contributed by atoms with Gasteiger partial charge in [-0.25, -0.2) is 4.79 Å². The van der Waals surface area contributed by atoms with Crippen LogP contribution in [-0.2, 0) is 27.2 Å². The highest BCUT2D eigenvalue weighted by molar-refractivity contribution is 7.17. The topological polar surface area (TPSA) is 92.7 Å². The zero-order chi connectivity index (χ0) is 19.8. The van der Waals surface area contributed by atoms with Crippen LogP contribution >= 0.6 is 11.3 Å². The van der Waals surface area contributed by atoms with E-state index in [1.807, 2.05) is 12.2 Å². The molecule has 28 heavy (non-hydrogen) atoms. The Hall–Kier alpha value is -2.15. The number of carboxylic acids is 1. The first-order chi connectivity index (χ1) is 13.5. The first-order valence-corrected chi connectivity index (χ1v) is 10.8. The number of esters is 1. The SMILES string of the molecule is COC(=O)c1c(NC(=O)C2C3C=CC(CC3)C2C(=O)O)sc2c1CCCCC2. The standard InChI is InChI=1S/C21H25NO5S/c1-27-21(26)17-13-5-3-2-4-6-14(13)28-19(17)22-18(23)15-11-7-9-12(10-8-11)16(15)20(24)25/h7,9,11-12,15-16H,2-6,8,10H2,1H3,(H,22,23)(H,24,25). The highest BCUT2D eigenvalue weighted by Gasteiger charge is 2.48. The Morgan fingerprint density at radius 1 is 1.07 bits per heavy atom. The second kappa shape index (κ2) is 7.70. The quantitative estimate of drug-likeness (QED) is 0.455. The molecule has 7 heteroatoms. The number of amides is 1. The van der Waals surface area contributed by atoms with Crippen LogP contribution in [0.15, 0.2) is 12.2 Å². The molecule has 1 amide bonds. The molecule has 6 nitrogen and oxygen atoms in total. The molecule has 150 valence electrons. The van der Waals surface area contributed by atoms with Gasteiger partial charge in [0.15, 0.2) is 0 Å². The van der Waals surface area contributed by atoms with E-state index in [2.05, 4.69) is 5.32 Å². The zero-order valence-electron chi connectivity index (χ0n) is 15.9. The maximum atomic E-state index is 13.2. The molecule has 5 rings (SSSR count). The lowest BCUT2D eigenvalue weighted by atomic mass is 9.62. The van der Waals surface area contributed by atoms with Gasteiger partial charge in [0, 0.05) is 4.88 Å². The minimum atomic E-state index is -0.922. The zero-order valence-corrected chi connectivity index (χ0v) is 16.7. The number of nitrogens with one attached hydrogen (secondary N) is 1. The van der Waals surface area contributed by atoms with E-state index in [0.29, 0.717) is 10.6 Å². The predicted molar refractivity (Wildman–Crippen MR) is 106 cm³/mol. The summed E-state index contributed by atoms with van der Waals surface area (Å²) in [6.45, 7) is 0. The normalized spacial score (nSPS) is 28.3. The average molecular weight is 404 g/mol. The molecule has 1 aromatic rings. The summed E-state index contributed by atoms with van der Waals surface area (Å²) >= 11 is 1.44. The molecular formula is C21H25NO5S. The third-order valence-electron chi connectivity index (χ3n) is 6.38. The molecule has 2 N–H and O–H groups in total. The predicted octanol–water partition coefficient (Wildman–Crippen LogP) is 3.66. The number of carbonyl (C=O) groups is 3. The van der Waals surface area contributed by atoms with Gasteiger partial charge in [-0.3, -0.25) is 9.59 Å².